The van der Waals surface area contributed by atoms with Crippen LogP contribution in [0.15, 0.2) is 30.9 Å². The van der Waals surface area contributed by atoms with Crippen LogP contribution in [0.5, 0.6) is 0 Å². The number of halogens is 2. The lowest BCUT2D eigenvalue weighted by atomic mass is 10.1. The number of nitrogens with one attached hydrogen (secondary N) is 1. The Balaban J connectivity index is 2.01. The van der Waals surface area contributed by atoms with Crippen molar-refractivity contribution in [2.24, 2.45) is 5.73 Å². The summed E-state index contributed by atoms with van der Waals surface area (Å²) in [6.45, 7) is 4.52. The van der Waals surface area contributed by atoms with Crippen LogP contribution in [0.1, 0.15) is 35.5 Å². The third-order valence-electron chi connectivity index (χ3n) is 4.72. The van der Waals surface area contributed by atoms with Gasteiger partial charge in [-0.15, -0.1) is 0 Å². The lowest BCUT2D eigenvalue weighted by Crippen LogP contribution is -2.27. The van der Waals surface area contributed by atoms with Crippen molar-refractivity contribution in [3.05, 3.63) is 58.5 Å². The van der Waals surface area contributed by atoms with Crippen LogP contribution in [-0.2, 0) is 4.79 Å². The van der Waals surface area contributed by atoms with Crippen molar-refractivity contribution in [2.75, 3.05) is 25.5 Å². The molecule has 3 rings (SSSR count). The van der Waals surface area contributed by atoms with E-state index in [1.807, 2.05) is 0 Å². The highest BCUT2D eigenvalue weighted by molar-refractivity contribution is 6.30. The van der Waals surface area contributed by atoms with Gasteiger partial charge in [0.05, 0.1) is 17.2 Å². The summed E-state index contributed by atoms with van der Waals surface area (Å²) in [6, 6.07) is 3.94. The number of carbonyl (C=O) groups excluding carboxylic acids is 1. The summed E-state index contributed by atoms with van der Waals surface area (Å²) in [5, 5.41) is 17.9. The van der Waals surface area contributed by atoms with E-state index in [9.17, 15) is 14.3 Å². The van der Waals surface area contributed by atoms with Gasteiger partial charge in [-0.1, -0.05) is 24.1 Å². The van der Waals surface area contributed by atoms with Crippen molar-refractivity contribution in [3.63, 3.8) is 0 Å². The Labute approximate surface area is 172 Å². The monoisotopic (exact) mass is 417 g/mol. The quantitative estimate of drug-likeness (QED) is 0.402. The van der Waals surface area contributed by atoms with Crippen LogP contribution in [0.3, 0.4) is 0 Å². The molecule has 0 spiro atoms. The van der Waals surface area contributed by atoms with Crippen molar-refractivity contribution in [1.82, 2.24) is 14.7 Å². The number of aromatic nitrogens is 2. The number of nitrogens with two attached hydrogens (primary N) is 1. The maximum absolute atomic E-state index is 14.0. The second kappa shape index (κ2) is 8.66. The molecule has 1 aromatic heterocycles. The molecule has 0 aliphatic carbocycles. The van der Waals surface area contributed by atoms with Gasteiger partial charge in [-0.2, -0.15) is 5.10 Å². The van der Waals surface area contributed by atoms with Crippen molar-refractivity contribution in [2.45, 2.75) is 18.7 Å². The highest BCUT2D eigenvalue weighted by Crippen LogP contribution is 2.31. The number of amides is 1. The van der Waals surface area contributed by atoms with Gasteiger partial charge in [0.25, 0.3) is 0 Å². The van der Waals surface area contributed by atoms with Crippen molar-refractivity contribution >= 4 is 23.3 Å². The Bertz CT molecular complexity index is 1010. The Kier molecular flexibility index (Phi) is 6.23. The van der Waals surface area contributed by atoms with Gasteiger partial charge in [-0.25, -0.2) is 9.07 Å². The molecule has 4 N–H and O–H groups in total. The average molecular weight is 418 g/mol. The van der Waals surface area contributed by atoms with Gasteiger partial charge in [0.1, 0.15) is 23.6 Å². The number of rotatable bonds is 4. The molecule has 1 aliphatic heterocycles. The van der Waals surface area contributed by atoms with Gasteiger partial charge in [0, 0.05) is 25.2 Å². The first-order valence-electron chi connectivity index (χ1n) is 8.98. The summed E-state index contributed by atoms with van der Waals surface area (Å²) in [5.74, 6) is 5.31. The molecule has 29 heavy (non-hydrogen) atoms. The molecule has 1 aliphatic rings. The zero-order valence-electron chi connectivity index (χ0n) is 15.8. The molecule has 0 saturated carbocycles. The highest BCUT2D eigenvalue weighted by Gasteiger charge is 2.31. The summed E-state index contributed by atoms with van der Waals surface area (Å²) in [6.07, 6.45) is 0.606. The number of likely N-dealkylation sites (tertiary alicyclic amines) is 1. The second-order valence-electron chi connectivity index (χ2n) is 6.56. The third-order valence-corrected chi connectivity index (χ3v) is 4.95. The number of carbonyl (C=O) groups is 1. The fourth-order valence-electron chi connectivity index (χ4n) is 3.32. The van der Waals surface area contributed by atoms with Crippen LogP contribution in [-0.4, -0.2) is 45.8 Å². The first-order chi connectivity index (χ1) is 13.8. The molecule has 7 nitrogen and oxygen atoms in total. The summed E-state index contributed by atoms with van der Waals surface area (Å²) in [5.41, 5.74) is 6.38. The molecular weight excluding hydrogens is 397 g/mol. The topological polar surface area (TPSA) is 96.4 Å². The summed E-state index contributed by atoms with van der Waals surface area (Å²) in [7, 11) is 1.68. The fraction of sp³-hybridized carbons (Fsp3) is 0.300. The van der Waals surface area contributed by atoms with E-state index < -0.39 is 12.0 Å². The number of nitrogens with zero attached hydrogens (tertiary/aromatic N) is 3. The molecule has 1 amide bonds. The summed E-state index contributed by atoms with van der Waals surface area (Å²) < 4.78 is 15.6. The number of anilines is 1. The van der Waals surface area contributed by atoms with Crippen LogP contribution >= 0.6 is 11.6 Å². The van der Waals surface area contributed by atoms with Crippen LogP contribution in [0.25, 0.3) is 0 Å². The van der Waals surface area contributed by atoms with Gasteiger partial charge >= 0.3 is 0 Å². The molecule has 2 atom stereocenters. The predicted octanol–water partition coefficient (Wildman–Crippen LogP) is 2.03. The molecule has 0 bridgehead atoms. The van der Waals surface area contributed by atoms with Crippen LogP contribution in [0.2, 0.25) is 5.02 Å². The van der Waals surface area contributed by atoms with E-state index >= 15 is 0 Å². The average Bonchev–Trinajstić information content (AvgIpc) is 3.32. The molecule has 9 heteroatoms. The molecule has 152 valence electrons. The minimum Gasteiger partial charge on any atom is -0.374 e. The molecular formula is C20H21ClFN5O2. The van der Waals surface area contributed by atoms with E-state index in [-0.39, 0.29) is 23.2 Å². The molecule has 2 aromatic rings. The number of benzene rings is 1. The van der Waals surface area contributed by atoms with E-state index in [1.54, 1.807) is 16.6 Å². The van der Waals surface area contributed by atoms with Crippen molar-refractivity contribution < 1.29 is 14.3 Å². The third kappa shape index (κ3) is 4.27. The zero-order chi connectivity index (χ0) is 21.1. The zero-order valence-corrected chi connectivity index (χ0v) is 16.6. The van der Waals surface area contributed by atoms with Gasteiger partial charge in [0.2, 0.25) is 5.91 Å². The number of hydrogen-bond donors (Lipinski definition) is 3. The van der Waals surface area contributed by atoms with E-state index in [2.05, 4.69) is 28.8 Å². The molecule has 1 unspecified atom stereocenters. The fourth-order valence-corrected chi connectivity index (χ4v) is 3.50. The predicted molar refractivity (Wildman–Crippen MR) is 109 cm³/mol. The van der Waals surface area contributed by atoms with Gasteiger partial charge in [0.15, 0.2) is 0 Å². The maximum atomic E-state index is 14.0. The van der Waals surface area contributed by atoms with Crippen LogP contribution < -0.4 is 11.1 Å². The largest absolute Gasteiger partial charge is 0.374 e. The Hall–Kier alpha value is -2.86. The number of aliphatic hydroxyl groups is 1. The first-order valence-corrected chi connectivity index (χ1v) is 9.35. The maximum Gasteiger partial charge on any atom is 0.246 e. The standard InChI is InChI=1S/C20H21ClFN5O2/c1-3-17(28)26-9-8-14(11-26)27-20(24-2)18(19(23)29)16(25-27)7-4-12-10-13(21)5-6-15(12)22/h3,5-6,10,14,19,24,29H,1,8-9,11,23H2,2H3/t14-,19?/m0/s1. The minimum atomic E-state index is -1.34. The Morgan fingerprint density at radius 2 is 2.31 bits per heavy atom. The van der Waals surface area contributed by atoms with Gasteiger partial charge in [-0.05, 0) is 36.6 Å². The van der Waals surface area contributed by atoms with Gasteiger partial charge in [-0.3, -0.25) is 4.79 Å². The van der Waals surface area contributed by atoms with Gasteiger partial charge < -0.3 is 21.1 Å². The normalized spacial score (nSPS) is 16.9. The lowest BCUT2D eigenvalue weighted by Gasteiger charge is -2.17. The molecule has 0 radical (unpaired) electrons. The summed E-state index contributed by atoms with van der Waals surface area (Å²) in [4.78, 5) is 13.5. The lowest BCUT2D eigenvalue weighted by molar-refractivity contribution is -0.125. The SMILES string of the molecule is C=CC(=O)N1CC[C@H](n2nc(C#Cc3cc(Cl)ccc3F)c(C(N)O)c2NC)C1. The van der Waals surface area contributed by atoms with Crippen LogP contribution in [0.4, 0.5) is 10.2 Å². The van der Waals surface area contributed by atoms with E-state index in [1.165, 1.54) is 24.3 Å². The highest BCUT2D eigenvalue weighted by atomic mass is 35.5. The van der Waals surface area contributed by atoms with Crippen molar-refractivity contribution in [1.29, 1.82) is 0 Å². The Morgan fingerprint density at radius 3 is 2.97 bits per heavy atom. The first kappa shape index (κ1) is 20.9. The Morgan fingerprint density at radius 1 is 1.55 bits per heavy atom. The molecule has 1 fully saturated rings. The molecule has 2 heterocycles. The number of aliphatic hydroxyl groups excluding tert-OH is 1. The molecule has 1 saturated heterocycles. The summed E-state index contributed by atoms with van der Waals surface area (Å²) >= 11 is 5.91. The minimum absolute atomic E-state index is 0.110. The second-order valence-corrected chi connectivity index (χ2v) is 6.99. The van der Waals surface area contributed by atoms with E-state index in [0.717, 1.165) is 0 Å². The van der Waals surface area contributed by atoms with E-state index in [4.69, 9.17) is 17.3 Å². The van der Waals surface area contributed by atoms with Crippen LogP contribution in [0, 0.1) is 17.7 Å². The smallest absolute Gasteiger partial charge is 0.246 e. The molecule has 1 aromatic carbocycles. The van der Waals surface area contributed by atoms with E-state index in [0.29, 0.717) is 35.9 Å². The van der Waals surface area contributed by atoms with Crippen molar-refractivity contribution in [3.8, 4) is 11.8 Å². The number of hydrogen-bond acceptors (Lipinski definition) is 5.